The highest BCUT2D eigenvalue weighted by Gasteiger charge is 2.34. The van der Waals surface area contributed by atoms with Crippen molar-refractivity contribution in [1.29, 1.82) is 0 Å². The summed E-state index contributed by atoms with van der Waals surface area (Å²) in [5, 5.41) is 13.9. The van der Waals surface area contributed by atoms with E-state index in [0.29, 0.717) is 5.57 Å². The van der Waals surface area contributed by atoms with Gasteiger partial charge in [-0.25, -0.2) is 13.6 Å². The van der Waals surface area contributed by atoms with Crippen molar-refractivity contribution in [3.05, 3.63) is 78.1 Å². The molecule has 9 nitrogen and oxygen atoms in total. The molecule has 1 unspecified atom stereocenters. The number of hydrogen-bond acceptors (Lipinski definition) is 8. The van der Waals surface area contributed by atoms with Crippen molar-refractivity contribution >= 4 is 35.0 Å². The molecule has 38 heavy (non-hydrogen) atoms. The number of halogens is 2. The maximum absolute atomic E-state index is 15.1. The summed E-state index contributed by atoms with van der Waals surface area (Å²) >= 11 is 1.03. The van der Waals surface area contributed by atoms with Gasteiger partial charge in [0.25, 0.3) is 11.8 Å². The number of anilines is 1. The molecule has 12 heteroatoms. The second-order valence-corrected chi connectivity index (χ2v) is 9.75. The van der Waals surface area contributed by atoms with E-state index in [4.69, 9.17) is 9.47 Å². The Labute approximate surface area is 220 Å². The molecular formula is C26H23F2N3O6S. The Morgan fingerprint density at radius 3 is 2.63 bits per heavy atom. The fourth-order valence-corrected chi connectivity index (χ4v) is 5.05. The number of cyclic esters (lactones) is 1. The molecule has 1 saturated heterocycles. The maximum Gasteiger partial charge on any atom is 0.414 e. The number of aromatic nitrogens is 1. The van der Waals surface area contributed by atoms with Crippen LogP contribution < -0.4 is 9.64 Å². The predicted octanol–water partition coefficient (Wildman–Crippen LogP) is 4.08. The number of carbonyl (C=O) groups excluding carboxylic acids is 2. The summed E-state index contributed by atoms with van der Waals surface area (Å²) in [4.78, 5) is 28.3. The lowest BCUT2D eigenvalue weighted by Crippen LogP contribution is -2.40. The molecule has 2 aliphatic heterocycles. The van der Waals surface area contributed by atoms with Gasteiger partial charge in [0.15, 0.2) is 11.5 Å². The number of ether oxygens (including phenoxy) is 2. The van der Waals surface area contributed by atoms with Gasteiger partial charge in [-0.2, -0.15) is 0 Å². The molecule has 2 aliphatic rings. The van der Waals surface area contributed by atoms with E-state index in [1.165, 1.54) is 17.2 Å². The van der Waals surface area contributed by atoms with E-state index >= 15 is 8.78 Å². The van der Waals surface area contributed by atoms with Crippen LogP contribution in [-0.2, 0) is 9.53 Å². The molecule has 0 radical (unpaired) electrons. The van der Waals surface area contributed by atoms with Crippen LogP contribution in [0.5, 0.6) is 5.88 Å². The zero-order valence-corrected chi connectivity index (χ0v) is 20.8. The van der Waals surface area contributed by atoms with Crippen molar-refractivity contribution in [2.24, 2.45) is 0 Å². The van der Waals surface area contributed by atoms with Crippen LogP contribution in [-0.4, -0.2) is 64.9 Å². The lowest BCUT2D eigenvalue weighted by atomic mass is 9.97. The van der Waals surface area contributed by atoms with Crippen LogP contribution in [0.25, 0.3) is 5.57 Å². The number of hydrogen-bond donors (Lipinski definition) is 1. The SMILES string of the molecule is O=C(C(O)Sc1ccccc1)N1CC=C(c2c(F)cc(N3C[C@H](COc4ccon4)OC3=O)cc2F)CC1. The topological polar surface area (TPSA) is 105 Å². The molecule has 0 saturated carbocycles. The summed E-state index contributed by atoms with van der Waals surface area (Å²) in [5.41, 5.74) is -1.07. The summed E-state index contributed by atoms with van der Waals surface area (Å²) in [6, 6.07) is 12.7. The second-order valence-electron chi connectivity index (χ2n) is 8.60. The smallest absolute Gasteiger partial charge is 0.414 e. The van der Waals surface area contributed by atoms with Gasteiger partial charge in [0, 0.05) is 29.6 Å². The fraction of sp³-hybridized carbons (Fsp3) is 0.269. The summed E-state index contributed by atoms with van der Waals surface area (Å²) < 4.78 is 45.5. The third-order valence-electron chi connectivity index (χ3n) is 6.09. The van der Waals surface area contributed by atoms with Gasteiger partial charge in [-0.3, -0.25) is 9.69 Å². The molecule has 1 aromatic heterocycles. The Hall–Kier alpha value is -3.90. The molecule has 1 fully saturated rings. The highest BCUT2D eigenvalue weighted by atomic mass is 32.2. The van der Waals surface area contributed by atoms with Crippen molar-refractivity contribution in [2.45, 2.75) is 22.9 Å². The fourth-order valence-electron chi connectivity index (χ4n) is 4.23. The molecule has 2 atom stereocenters. The van der Waals surface area contributed by atoms with E-state index in [2.05, 4.69) is 9.68 Å². The Morgan fingerprint density at radius 1 is 1.21 bits per heavy atom. The van der Waals surface area contributed by atoms with Gasteiger partial charge in [0.2, 0.25) is 0 Å². The van der Waals surface area contributed by atoms with Gasteiger partial charge in [-0.05, 0) is 41.4 Å². The standard InChI is InChI=1S/C26H23F2N3O6S/c27-20-12-17(31-14-18(37-26(31)34)15-35-22-8-11-36-29-22)13-21(28)23(20)16-6-9-30(10-7-16)24(32)25(33)38-19-4-2-1-3-5-19/h1-6,8,11-13,18,25,33H,7,9-10,14-15H2/t18-,25?/m1/s1. The van der Waals surface area contributed by atoms with Crippen molar-refractivity contribution in [3.8, 4) is 5.88 Å². The van der Waals surface area contributed by atoms with E-state index in [1.54, 1.807) is 18.2 Å². The monoisotopic (exact) mass is 543 g/mol. The van der Waals surface area contributed by atoms with Gasteiger partial charge in [0.1, 0.15) is 24.5 Å². The Morgan fingerprint density at radius 2 is 1.97 bits per heavy atom. The van der Waals surface area contributed by atoms with Gasteiger partial charge in [-0.1, -0.05) is 36.0 Å². The molecule has 5 rings (SSSR count). The lowest BCUT2D eigenvalue weighted by molar-refractivity contribution is -0.135. The average Bonchev–Trinajstić information content (AvgIpc) is 3.57. The molecule has 0 aliphatic carbocycles. The molecule has 1 N–H and O–H groups in total. The van der Waals surface area contributed by atoms with Crippen LogP contribution in [0.2, 0.25) is 0 Å². The van der Waals surface area contributed by atoms with Crippen LogP contribution in [0.1, 0.15) is 12.0 Å². The Balaban J connectivity index is 1.22. The number of thioether (sulfide) groups is 1. The zero-order chi connectivity index (χ0) is 26.6. The van der Waals surface area contributed by atoms with Crippen molar-refractivity contribution in [2.75, 3.05) is 31.1 Å². The normalized spacial score (nSPS) is 18.2. The van der Waals surface area contributed by atoms with E-state index in [-0.39, 0.29) is 49.8 Å². The first-order valence-electron chi connectivity index (χ1n) is 11.8. The molecule has 2 amide bonds. The van der Waals surface area contributed by atoms with E-state index < -0.39 is 35.2 Å². The van der Waals surface area contributed by atoms with Gasteiger partial charge < -0.3 is 24.0 Å². The Bertz CT molecular complexity index is 1320. The molecule has 198 valence electrons. The van der Waals surface area contributed by atoms with E-state index in [1.807, 2.05) is 18.2 Å². The van der Waals surface area contributed by atoms with Crippen LogP contribution in [0.15, 0.2) is 70.3 Å². The number of rotatable bonds is 8. The second kappa shape index (κ2) is 11.2. The van der Waals surface area contributed by atoms with Gasteiger partial charge in [0.05, 0.1) is 12.2 Å². The average molecular weight is 544 g/mol. The first-order chi connectivity index (χ1) is 18.4. The molecule has 0 bridgehead atoms. The number of aliphatic hydroxyl groups excluding tert-OH is 1. The molecule has 2 aromatic carbocycles. The lowest BCUT2D eigenvalue weighted by Gasteiger charge is -2.28. The van der Waals surface area contributed by atoms with Gasteiger partial charge >= 0.3 is 6.09 Å². The summed E-state index contributed by atoms with van der Waals surface area (Å²) in [6.45, 7) is 0.340. The third-order valence-corrected chi connectivity index (χ3v) is 7.06. The van der Waals surface area contributed by atoms with Crippen LogP contribution in [0.3, 0.4) is 0 Å². The highest BCUT2D eigenvalue weighted by Crippen LogP contribution is 2.33. The Kier molecular flexibility index (Phi) is 7.61. The maximum atomic E-state index is 15.1. The molecular weight excluding hydrogens is 520 g/mol. The quantitative estimate of drug-likeness (QED) is 0.335. The van der Waals surface area contributed by atoms with Crippen LogP contribution >= 0.6 is 11.8 Å². The number of aliphatic hydroxyl groups is 1. The first-order valence-corrected chi connectivity index (χ1v) is 12.7. The van der Waals surface area contributed by atoms with E-state index in [0.717, 1.165) is 33.7 Å². The summed E-state index contributed by atoms with van der Waals surface area (Å²) in [5.74, 6) is -1.91. The zero-order valence-electron chi connectivity index (χ0n) is 20.0. The number of carbonyl (C=O) groups is 2. The summed E-state index contributed by atoms with van der Waals surface area (Å²) in [7, 11) is 0. The minimum Gasteiger partial charge on any atom is -0.471 e. The third kappa shape index (κ3) is 5.65. The van der Waals surface area contributed by atoms with Crippen LogP contribution in [0, 0.1) is 11.6 Å². The highest BCUT2D eigenvalue weighted by molar-refractivity contribution is 8.00. The van der Waals surface area contributed by atoms with Crippen molar-refractivity contribution < 1.29 is 37.5 Å². The minimum atomic E-state index is -1.29. The number of amides is 2. The minimum absolute atomic E-state index is 0.00151. The first kappa shape index (κ1) is 25.7. The largest absolute Gasteiger partial charge is 0.471 e. The van der Waals surface area contributed by atoms with Crippen molar-refractivity contribution in [3.63, 3.8) is 0 Å². The number of nitrogens with zero attached hydrogens (tertiary/aromatic N) is 3. The predicted molar refractivity (Wildman–Crippen MR) is 133 cm³/mol. The molecule has 3 heterocycles. The molecule has 3 aromatic rings. The van der Waals surface area contributed by atoms with E-state index in [9.17, 15) is 14.7 Å². The molecule has 0 spiro atoms. The van der Waals surface area contributed by atoms with Gasteiger partial charge in [-0.15, -0.1) is 0 Å². The summed E-state index contributed by atoms with van der Waals surface area (Å²) in [6.07, 6.45) is 1.70. The van der Waals surface area contributed by atoms with Crippen molar-refractivity contribution in [1.82, 2.24) is 10.1 Å². The number of benzene rings is 2. The van der Waals surface area contributed by atoms with Crippen LogP contribution in [0.4, 0.5) is 19.3 Å².